The van der Waals surface area contributed by atoms with Crippen LogP contribution in [-0.2, 0) is 0 Å². The molecule has 2 rings (SSSR count). The van der Waals surface area contributed by atoms with E-state index < -0.39 is 5.82 Å². The summed E-state index contributed by atoms with van der Waals surface area (Å²) in [6, 6.07) is 4.47. The molecule has 2 N–H and O–H groups in total. The quantitative estimate of drug-likeness (QED) is 0.701. The number of nitrogens with zero attached hydrogens (tertiary/aromatic N) is 1. The highest BCUT2D eigenvalue weighted by Crippen LogP contribution is 2.23. The Labute approximate surface area is 82.2 Å². The third-order valence-corrected chi connectivity index (χ3v) is 2.41. The Bertz CT molecular complexity index is 324. The molecule has 1 aliphatic heterocycles. The lowest BCUT2D eigenvalue weighted by molar-refractivity contribution is 0.432. The zero-order chi connectivity index (χ0) is 9.97. The highest BCUT2D eigenvalue weighted by atomic mass is 19.1. The molecule has 0 bridgehead atoms. The van der Waals surface area contributed by atoms with E-state index in [1.807, 2.05) is 0 Å². The van der Waals surface area contributed by atoms with Gasteiger partial charge in [-0.1, -0.05) is 0 Å². The number of aromatic hydroxyl groups is 1. The second-order valence-electron chi connectivity index (χ2n) is 3.37. The first-order chi connectivity index (χ1) is 6.77. The molecular formula is C10H13FN2O. The molecule has 4 heteroatoms. The van der Waals surface area contributed by atoms with E-state index in [9.17, 15) is 9.50 Å². The molecule has 0 aromatic heterocycles. The first-order valence-corrected chi connectivity index (χ1v) is 4.71. The van der Waals surface area contributed by atoms with E-state index in [2.05, 4.69) is 10.2 Å². The first kappa shape index (κ1) is 9.27. The van der Waals surface area contributed by atoms with Crippen molar-refractivity contribution in [1.29, 1.82) is 0 Å². The molecule has 3 nitrogen and oxygen atoms in total. The summed E-state index contributed by atoms with van der Waals surface area (Å²) in [5.41, 5.74) is 0.880. The number of anilines is 1. The third kappa shape index (κ3) is 1.80. The monoisotopic (exact) mass is 196 g/mol. The molecule has 1 aromatic carbocycles. The maximum Gasteiger partial charge on any atom is 0.164 e. The second-order valence-corrected chi connectivity index (χ2v) is 3.37. The molecule has 0 saturated carbocycles. The van der Waals surface area contributed by atoms with E-state index in [0.29, 0.717) is 0 Å². The molecule has 1 aliphatic rings. The number of hydrogen-bond acceptors (Lipinski definition) is 3. The molecule has 0 radical (unpaired) electrons. The van der Waals surface area contributed by atoms with Crippen LogP contribution in [0.3, 0.4) is 0 Å². The lowest BCUT2D eigenvalue weighted by Gasteiger charge is -2.29. The van der Waals surface area contributed by atoms with E-state index in [1.54, 1.807) is 6.07 Å². The lowest BCUT2D eigenvalue weighted by Crippen LogP contribution is -2.43. The molecule has 1 fully saturated rings. The van der Waals surface area contributed by atoms with Crippen LogP contribution in [-0.4, -0.2) is 31.3 Å². The average Bonchev–Trinajstić information content (AvgIpc) is 2.23. The van der Waals surface area contributed by atoms with E-state index in [1.165, 1.54) is 12.1 Å². The van der Waals surface area contributed by atoms with Crippen molar-refractivity contribution < 1.29 is 9.50 Å². The Hall–Kier alpha value is -1.29. The number of halogens is 1. The molecule has 0 atom stereocenters. The SMILES string of the molecule is Oc1cc(N2CCNCC2)ccc1F. The van der Waals surface area contributed by atoms with Crippen LogP contribution < -0.4 is 10.2 Å². The molecule has 1 aromatic rings. The van der Waals surface area contributed by atoms with Crippen molar-refractivity contribution in [2.75, 3.05) is 31.1 Å². The first-order valence-electron chi connectivity index (χ1n) is 4.71. The minimum Gasteiger partial charge on any atom is -0.505 e. The van der Waals surface area contributed by atoms with Crippen molar-refractivity contribution in [3.63, 3.8) is 0 Å². The zero-order valence-corrected chi connectivity index (χ0v) is 7.83. The van der Waals surface area contributed by atoms with Gasteiger partial charge >= 0.3 is 0 Å². The molecule has 0 amide bonds. The van der Waals surface area contributed by atoms with Gasteiger partial charge in [0.2, 0.25) is 0 Å². The van der Waals surface area contributed by atoms with Crippen LogP contribution in [0.25, 0.3) is 0 Å². The summed E-state index contributed by atoms with van der Waals surface area (Å²) in [5, 5.41) is 12.4. The fourth-order valence-corrected chi connectivity index (χ4v) is 1.62. The number of rotatable bonds is 1. The van der Waals surface area contributed by atoms with Gasteiger partial charge in [-0.2, -0.15) is 0 Å². The molecule has 76 valence electrons. The summed E-state index contributed by atoms with van der Waals surface area (Å²) in [5.74, 6) is -0.843. The number of piperazine rings is 1. The Morgan fingerprint density at radius 2 is 2.00 bits per heavy atom. The summed E-state index contributed by atoms with van der Waals surface area (Å²) < 4.78 is 12.8. The van der Waals surface area contributed by atoms with Crippen molar-refractivity contribution in [3.05, 3.63) is 24.0 Å². The number of hydrogen-bond donors (Lipinski definition) is 2. The molecule has 1 heterocycles. The third-order valence-electron chi connectivity index (χ3n) is 2.41. The van der Waals surface area contributed by atoms with E-state index >= 15 is 0 Å². The normalized spacial score (nSPS) is 17.1. The number of nitrogens with one attached hydrogen (secondary N) is 1. The van der Waals surface area contributed by atoms with E-state index in [4.69, 9.17) is 0 Å². The van der Waals surface area contributed by atoms with E-state index in [-0.39, 0.29) is 5.75 Å². The molecule has 0 aliphatic carbocycles. The molecule has 0 spiro atoms. The average molecular weight is 196 g/mol. The van der Waals surface area contributed by atoms with Gasteiger partial charge in [0.1, 0.15) is 0 Å². The Balaban J connectivity index is 2.18. The molecule has 0 unspecified atom stereocenters. The van der Waals surface area contributed by atoms with Crippen molar-refractivity contribution in [2.45, 2.75) is 0 Å². The van der Waals surface area contributed by atoms with Gasteiger partial charge in [0.15, 0.2) is 11.6 Å². The highest BCUT2D eigenvalue weighted by Gasteiger charge is 2.11. The zero-order valence-electron chi connectivity index (χ0n) is 7.83. The highest BCUT2D eigenvalue weighted by molar-refractivity contribution is 5.51. The van der Waals surface area contributed by atoms with Gasteiger partial charge in [-0.15, -0.1) is 0 Å². The van der Waals surface area contributed by atoms with Gasteiger partial charge in [-0.3, -0.25) is 0 Å². The minimum absolute atomic E-state index is 0.277. The van der Waals surface area contributed by atoms with E-state index in [0.717, 1.165) is 31.9 Å². The van der Waals surface area contributed by atoms with Gasteiger partial charge in [0.05, 0.1) is 0 Å². The Morgan fingerprint density at radius 1 is 1.29 bits per heavy atom. The standard InChI is InChI=1S/C10H13FN2O/c11-9-2-1-8(7-10(9)14)13-5-3-12-4-6-13/h1-2,7,12,14H,3-6H2. The van der Waals surface area contributed by atoms with Crippen molar-refractivity contribution >= 4 is 5.69 Å². The summed E-state index contributed by atoms with van der Waals surface area (Å²) in [7, 11) is 0. The largest absolute Gasteiger partial charge is 0.505 e. The second kappa shape index (κ2) is 3.84. The maximum atomic E-state index is 12.8. The predicted octanol–water partition coefficient (Wildman–Crippen LogP) is 0.941. The van der Waals surface area contributed by atoms with Gasteiger partial charge < -0.3 is 15.3 Å². The number of phenols is 1. The summed E-state index contributed by atoms with van der Waals surface area (Å²) in [6.45, 7) is 3.65. The van der Waals surface area contributed by atoms with Gasteiger partial charge in [0, 0.05) is 37.9 Å². The van der Waals surface area contributed by atoms with Gasteiger partial charge in [-0.25, -0.2) is 4.39 Å². The lowest BCUT2D eigenvalue weighted by atomic mass is 10.2. The fourth-order valence-electron chi connectivity index (χ4n) is 1.62. The number of benzene rings is 1. The van der Waals surface area contributed by atoms with Crippen LogP contribution in [0, 0.1) is 5.82 Å². The molecule has 1 saturated heterocycles. The summed E-state index contributed by atoms with van der Waals surface area (Å²) in [4.78, 5) is 2.12. The van der Waals surface area contributed by atoms with Crippen LogP contribution in [0.4, 0.5) is 10.1 Å². The minimum atomic E-state index is -0.566. The Kier molecular flexibility index (Phi) is 2.54. The van der Waals surface area contributed by atoms with Crippen molar-refractivity contribution in [1.82, 2.24) is 5.32 Å². The summed E-state index contributed by atoms with van der Waals surface area (Å²) >= 11 is 0. The maximum absolute atomic E-state index is 12.8. The molecule has 14 heavy (non-hydrogen) atoms. The van der Waals surface area contributed by atoms with Gasteiger partial charge in [0.25, 0.3) is 0 Å². The van der Waals surface area contributed by atoms with Gasteiger partial charge in [-0.05, 0) is 12.1 Å². The van der Waals surface area contributed by atoms with Crippen molar-refractivity contribution in [2.24, 2.45) is 0 Å². The van der Waals surface area contributed by atoms with Crippen LogP contribution in [0.5, 0.6) is 5.75 Å². The smallest absolute Gasteiger partial charge is 0.164 e. The topological polar surface area (TPSA) is 35.5 Å². The van der Waals surface area contributed by atoms with Crippen LogP contribution in [0.15, 0.2) is 18.2 Å². The van der Waals surface area contributed by atoms with Crippen LogP contribution in [0.1, 0.15) is 0 Å². The van der Waals surface area contributed by atoms with Crippen LogP contribution >= 0.6 is 0 Å². The van der Waals surface area contributed by atoms with Crippen molar-refractivity contribution in [3.8, 4) is 5.75 Å². The summed E-state index contributed by atoms with van der Waals surface area (Å²) in [6.07, 6.45) is 0. The molecular weight excluding hydrogens is 183 g/mol. The number of phenolic OH excluding ortho intramolecular Hbond substituents is 1. The Morgan fingerprint density at radius 3 is 2.64 bits per heavy atom. The fraction of sp³-hybridized carbons (Fsp3) is 0.400. The predicted molar refractivity (Wildman–Crippen MR) is 53.1 cm³/mol. The van der Waals surface area contributed by atoms with Crippen LogP contribution in [0.2, 0.25) is 0 Å².